The standard InChI is InChI=1S/C16H24BrF3N4O/c1-12(25-14-7-5-4-6-13(14)17)10-23-15(21-2)22-8-9-24(3)11-16(18,19)20/h4-7,12H,8-11H2,1-3H3,(H2,21,22,23). The highest BCUT2D eigenvalue weighted by molar-refractivity contribution is 9.10. The minimum absolute atomic E-state index is 0.120. The fourth-order valence-electron chi connectivity index (χ4n) is 2.01. The van der Waals surface area contributed by atoms with Crippen LogP contribution >= 0.6 is 15.9 Å². The maximum Gasteiger partial charge on any atom is 0.401 e. The third-order valence-electron chi connectivity index (χ3n) is 3.18. The second-order valence-corrected chi connectivity index (χ2v) is 6.45. The van der Waals surface area contributed by atoms with Crippen molar-refractivity contribution >= 4 is 21.9 Å². The van der Waals surface area contributed by atoms with Gasteiger partial charge in [-0.05, 0) is 42.0 Å². The van der Waals surface area contributed by atoms with E-state index in [0.717, 1.165) is 10.2 Å². The van der Waals surface area contributed by atoms with Gasteiger partial charge in [0.05, 0.1) is 17.6 Å². The summed E-state index contributed by atoms with van der Waals surface area (Å²) < 4.78 is 43.5. The van der Waals surface area contributed by atoms with E-state index in [1.807, 2.05) is 31.2 Å². The normalized spacial score (nSPS) is 13.7. The first-order chi connectivity index (χ1) is 11.7. The van der Waals surface area contributed by atoms with Crippen molar-refractivity contribution < 1.29 is 17.9 Å². The Hall–Kier alpha value is -1.48. The second-order valence-electron chi connectivity index (χ2n) is 5.59. The van der Waals surface area contributed by atoms with Crippen LogP contribution in [0.25, 0.3) is 0 Å². The molecule has 142 valence electrons. The predicted molar refractivity (Wildman–Crippen MR) is 97.1 cm³/mol. The largest absolute Gasteiger partial charge is 0.488 e. The van der Waals surface area contributed by atoms with Gasteiger partial charge in [-0.15, -0.1) is 0 Å². The molecule has 0 aliphatic rings. The molecule has 1 unspecified atom stereocenters. The molecule has 1 atom stereocenters. The third kappa shape index (κ3) is 9.54. The van der Waals surface area contributed by atoms with Crippen LogP contribution in [0, 0.1) is 0 Å². The van der Waals surface area contributed by atoms with E-state index in [1.54, 1.807) is 7.05 Å². The van der Waals surface area contributed by atoms with Crippen LogP contribution in [0.4, 0.5) is 13.2 Å². The Kier molecular flexibility index (Phi) is 9.05. The fraction of sp³-hybridized carbons (Fsp3) is 0.562. The van der Waals surface area contributed by atoms with Crippen LogP contribution in [-0.4, -0.2) is 63.4 Å². The maximum atomic E-state index is 12.3. The quantitative estimate of drug-likeness (QED) is 0.497. The van der Waals surface area contributed by atoms with Crippen molar-refractivity contribution in [2.24, 2.45) is 4.99 Å². The molecule has 0 aliphatic carbocycles. The molecule has 0 fully saturated rings. The Bertz CT molecular complexity index is 554. The smallest absolute Gasteiger partial charge is 0.401 e. The summed E-state index contributed by atoms with van der Waals surface area (Å²) in [6.07, 6.45) is -4.31. The molecule has 0 bridgehead atoms. The number of alkyl halides is 3. The molecule has 25 heavy (non-hydrogen) atoms. The molecule has 0 aliphatic heterocycles. The van der Waals surface area contributed by atoms with E-state index in [4.69, 9.17) is 4.74 Å². The van der Waals surface area contributed by atoms with E-state index in [1.165, 1.54) is 11.9 Å². The van der Waals surface area contributed by atoms with E-state index < -0.39 is 12.7 Å². The number of hydrogen-bond donors (Lipinski definition) is 2. The fourth-order valence-corrected chi connectivity index (χ4v) is 2.39. The monoisotopic (exact) mass is 424 g/mol. The molecular formula is C16H24BrF3N4O. The molecule has 0 heterocycles. The minimum atomic E-state index is -4.19. The molecule has 5 nitrogen and oxygen atoms in total. The van der Waals surface area contributed by atoms with Crippen LogP contribution < -0.4 is 15.4 Å². The number of nitrogens with one attached hydrogen (secondary N) is 2. The lowest BCUT2D eigenvalue weighted by molar-refractivity contribution is -0.142. The summed E-state index contributed by atoms with van der Waals surface area (Å²) in [6, 6.07) is 7.55. The van der Waals surface area contributed by atoms with Gasteiger partial charge in [-0.2, -0.15) is 13.2 Å². The van der Waals surface area contributed by atoms with Crippen LogP contribution in [-0.2, 0) is 0 Å². The third-order valence-corrected chi connectivity index (χ3v) is 3.84. The first-order valence-electron chi connectivity index (χ1n) is 7.82. The number of halogens is 4. The Morgan fingerprint density at radius 1 is 1.32 bits per heavy atom. The summed E-state index contributed by atoms with van der Waals surface area (Å²) in [5, 5.41) is 6.07. The average Bonchev–Trinajstić information content (AvgIpc) is 2.51. The minimum Gasteiger partial charge on any atom is -0.488 e. The van der Waals surface area contributed by atoms with Crippen molar-refractivity contribution in [3.8, 4) is 5.75 Å². The summed E-state index contributed by atoms with van der Waals surface area (Å²) in [6.45, 7) is 2.09. The average molecular weight is 425 g/mol. The Morgan fingerprint density at radius 2 is 2.00 bits per heavy atom. The topological polar surface area (TPSA) is 48.9 Å². The van der Waals surface area contributed by atoms with Crippen LogP contribution in [0.1, 0.15) is 6.92 Å². The van der Waals surface area contributed by atoms with Gasteiger partial charge in [0, 0.05) is 20.1 Å². The van der Waals surface area contributed by atoms with E-state index in [2.05, 4.69) is 31.6 Å². The van der Waals surface area contributed by atoms with Crippen molar-refractivity contribution in [3.63, 3.8) is 0 Å². The van der Waals surface area contributed by atoms with E-state index in [-0.39, 0.29) is 12.6 Å². The summed E-state index contributed by atoms with van der Waals surface area (Å²) in [5.74, 6) is 1.26. The van der Waals surface area contributed by atoms with Gasteiger partial charge in [0.25, 0.3) is 0 Å². The van der Waals surface area contributed by atoms with E-state index >= 15 is 0 Å². The zero-order valence-corrected chi connectivity index (χ0v) is 16.1. The number of aliphatic imine (C=N–C) groups is 1. The number of rotatable bonds is 8. The van der Waals surface area contributed by atoms with Gasteiger partial charge in [-0.3, -0.25) is 9.89 Å². The lowest BCUT2D eigenvalue weighted by Gasteiger charge is -2.21. The SMILES string of the molecule is CN=C(NCCN(C)CC(F)(F)F)NCC(C)Oc1ccccc1Br. The molecule has 1 rings (SSSR count). The molecule has 1 aromatic rings. The maximum absolute atomic E-state index is 12.3. The highest BCUT2D eigenvalue weighted by atomic mass is 79.9. The van der Waals surface area contributed by atoms with Crippen LogP contribution in [0.15, 0.2) is 33.7 Å². The molecular weight excluding hydrogens is 401 g/mol. The number of hydrogen-bond acceptors (Lipinski definition) is 3. The van der Waals surface area contributed by atoms with Gasteiger partial charge < -0.3 is 15.4 Å². The highest BCUT2D eigenvalue weighted by Crippen LogP contribution is 2.24. The van der Waals surface area contributed by atoms with Gasteiger partial charge >= 0.3 is 6.18 Å². The van der Waals surface area contributed by atoms with Gasteiger partial charge in [0.2, 0.25) is 0 Å². The predicted octanol–water partition coefficient (Wildman–Crippen LogP) is 2.88. The van der Waals surface area contributed by atoms with Crippen molar-refractivity contribution in [1.82, 2.24) is 15.5 Å². The first-order valence-corrected chi connectivity index (χ1v) is 8.61. The molecule has 2 N–H and O–H groups in total. The molecule has 0 amide bonds. The highest BCUT2D eigenvalue weighted by Gasteiger charge is 2.28. The number of likely N-dealkylation sites (N-methyl/N-ethyl adjacent to an activating group) is 1. The van der Waals surface area contributed by atoms with Gasteiger partial charge in [-0.1, -0.05) is 12.1 Å². The van der Waals surface area contributed by atoms with E-state index in [9.17, 15) is 13.2 Å². The molecule has 0 saturated heterocycles. The van der Waals surface area contributed by atoms with Crippen LogP contribution in [0.5, 0.6) is 5.75 Å². The van der Waals surface area contributed by atoms with Crippen LogP contribution in [0.3, 0.4) is 0 Å². The van der Waals surface area contributed by atoms with Crippen molar-refractivity contribution in [2.75, 3.05) is 40.3 Å². The molecule has 0 radical (unpaired) electrons. The number of benzene rings is 1. The molecule has 0 aromatic heterocycles. The van der Waals surface area contributed by atoms with Crippen molar-refractivity contribution in [3.05, 3.63) is 28.7 Å². The van der Waals surface area contributed by atoms with Gasteiger partial charge in [0.1, 0.15) is 11.9 Å². The molecule has 0 saturated carbocycles. The summed E-state index contributed by atoms with van der Waals surface area (Å²) in [7, 11) is 3.03. The Labute approximate surface area is 154 Å². The molecule has 1 aromatic carbocycles. The first kappa shape index (κ1) is 21.6. The van der Waals surface area contributed by atoms with Crippen molar-refractivity contribution in [1.29, 1.82) is 0 Å². The van der Waals surface area contributed by atoms with Gasteiger partial charge in [-0.25, -0.2) is 0 Å². The molecule has 0 spiro atoms. The Morgan fingerprint density at radius 3 is 2.60 bits per heavy atom. The second kappa shape index (κ2) is 10.5. The number of para-hydroxylation sites is 1. The van der Waals surface area contributed by atoms with Gasteiger partial charge in [0.15, 0.2) is 5.96 Å². The molecule has 9 heteroatoms. The number of guanidine groups is 1. The lowest BCUT2D eigenvalue weighted by atomic mass is 10.3. The van der Waals surface area contributed by atoms with E-state index in [0.29, 0.717) is 19.0 Å². The zero-order chi connectivity index (χ0) is 18.9. The Balaban J connectivity index is 2.31. The number of ether oxygens (including phenoxy) is 1. The summed E-state index contributed by atoms with van der Waals surface area (Å²) >= 11 is 3.42. The number of nitrogens with zero attached hydrogens (tertiary/aromatic N) is 2. The zero-order valence-electron chi connectivity index (χ0n) is 14.5. The van der Waals surface area contributed by atoms with Crippen LogP contribution in [0.2, 0.25) is 0 Å². The summed E-state index contributed by atoms with van der Waals surface area (Å²) in [4.78, 5) is 5.25. The summed E-state index contributed by atoms with van der Waals surface area (Å²) in [5.41, 5.74) is 0. The van der Waals surface area contributed by atoms with Crippen molar-refractivity contribution in [2.45, 2.75) is 19.2 Å². The lowest BCUT2D eigenvalue weighted by Crippen LogP contribution is -2.44.